The minimum atomic E-state index is -3.33. The molecule has 2 aliphatic carbocycles. The van der Waals surface area contributed by atoms with Crippen LogP contribution in [-0.4, -0.2) is 24.4 Å². The number of ether oxygens (including phenoxy) is 1. The fourth-order valence-corrected chi connectivity index (χ4v) is 4.63. The topological polar surface area (TPSA) is 60.4 Å². The summed E-state index contributed by atoms with van der Waals surface area (Å²) < 4.78 is 28.4. The lowest BCUT2D eigenvalue weighted by atomic mass is 10.2. The molecule has 0 N–H and O–H groups in total. The Balaban J connectivity index is 1.68. The molecule has 1 aromatic carbocycles. The van der Waals surface area contributed by atoms with E-state index in [1.807, 2.05) is 30.3 Å². The fourth-order valence-electron chi connectivity index (χ4n) is 2.27. The standard InChI is InChI=1S/C14H16O4S/c15-13(18-10-11-4-2-1-3-5-11)14(8-9-14)19(16,17)12-6-7-12/h1-5,12H,6-10H2. The molecule has 19 heavy (non-hydrogen) atoms. The van der Waals surface area contributed by atoms with Gasteiger partial charge in [0.05, 0.1) is 5.25 Å². The predicted octanol–water partition coefficient (Wildman–Crippen LogP) is 1.84. The van der Waals surface area contributed by atoms with Crippen LogP contribution in [0.2, 0.25) is 0 Å². The third-order valence-corrected chi connectivity index (χ3v) is 6.81. The van der Waals surface area contributed by atoms with Gasteiger partial charge in [-0.1, -0.05) is 30.3 Å². The minimum Gasteiger partial charge on any atom is -0.460 e. The maximum atomic E-state index is 12.2. The molecule has 0 bridgehead atoms. The Morgan fingerprint density at radius 1 is 1.21 bits per heavy atom. The van der Waals surface area contributed by atoms with Crippen molar-refractivity contribution in [2.45, 2.75) is 42.3 Å². The van der Waals surface area contributed by atoms with Gasteiger partial charge < -0.3 is 4.74 Å². The first-order chi connectivity index (χ1) is 9.06. The molecule has 5 heteroatoms. The first kappa shape index (κ1) is 12.7. The summed E-state index contributed by atoms with van der Waals surface area (Å²) in [5.41, 5.74) is 0.871. The summed E-state index contributed by atoms with van der Waals surface area (Å²) in [6.07, 6.45) is 2.21. The van der Waals surface area contributed by atoms with E-state index in [-0.39, 0.29) is 11.9 Å². The van der Waals surface area contributed by atoms with E-state index in [0.29, 0.717) is 25.7 Å². The van der Waals surface area contributed by atoms with Crippen molar-refractivity contribution in [3.63, 3.8) is 0 Å². The summed E-state index contributed by atoms with van der Waals surface area (Å²) in [5, 5.41) is -0.306. The lowest BCUT2D eigenvalue weighted by Crippen LogP contribution is -2.36. The number of sulfone groups is 1. The van der Waals surface area contributed by atoms with E-state index in [9.17, 15) is 13.2 Å². The molecule has 3 rings (SSSR count). The Hall–Kier alpha value is -1.36. The summed E-state index contributed by atoms with van der Waals surface area (Å²) in [6.45, 7) is 0.140. The summed E-state index contributed by atoms with van der Waals surface area (Å²) in [6, 6.07) is 9.30. The van der Waals surface area contributed by atoms with Crippen molar-refractivity contribution in [1.82, 2.24) is 0 Å². The number of rotatable bonds is 5. The van der Waals surface area contributed by atoms with Crippen LogP contribution >= 0.6 is 0 Å². The Bertz CT molecular complexity index is 583. The van der Waals surface area contributed by atoms with E-state index in [4.69, 9.17) is 4.74 Å². The molecule has 0 amide bonds. The van der Waals surface area contributed by atoms with Crippen LogP contribution in [0, 0.1) is 0 Å². The molecule has 0 spiro atoms. The van der Waals surface area contributed by atoms with Crippen LogP contribution in [0.1, 0.15) is 31.2 Å². The zero-order chi connectivity index (χ0) is 13.5. The fraction of sp³-hybridized carbons (Fsp3) is 0.500. The molecule has 0 saturated heterocycles. The van der Waals surface area contributed by atoms with Gasteiger partial charge in [0.25, 0.3) is 0 Å². The molecule has 0 unspecified atom stereocenters. The number of esters is 1. The SMILES string of the molecule is O=C(OCc1ccccc1)C1(S(=O)(=O)C2CC2)CC1. The molecular weight excluding hydrogens is 264 g/mol. The third-order valence-electron chi connectivity index (χ3n) is 3.80. The number of carbonyl (C=O) groups is 1. The van der Waals surface area contributed by atoms with Crippen molar-refractivity contribution in [3.8, 4) is 0 Å². The van der Waals surface area contributed by atoms with Crippen molar-refractivity contribution in [2.24, 2.45) is 0 Å². The van der Waals surface area contributed by atoms with E-state index < -0.39 is 20.6 Å². The second-order valence-corrected chi connectivity index (χ2v) is 7.84. The third kappa shape index (κ3) is 2.16. The Morgan fingerprint density at radius 2 is 1.84 bits per heavy atom. The van der Waals surface area contributed by atoms with Crippen LogP contribution < -0.4 is 0 Å². The second-order valence-electron chi connectivity index (χ2n) is 5.30. The van der Waals surface area contributed by atoms with Gasteiger partial charge in [-0.25, -0.2) is 8.42 Å². The Labute approximate surface area is 112 Å². The van der Waals surface area contributed by atoms with Crippen molar-refractivity contribution < 1.29 is 17.9 Å². The van der Waals surface area contributed by atoms with Gasteiger partial charge in [-0.2, -0.15) is 0 Å². The molecule has 0 radical (unpaired) electrons. The molecule has 4 nitrogen and oxygen atoms in total. The summed E-state index contributed by atoms with van der Waals surface area (Å²) >= 11 is 0. The molecular formula is C14H16O4S. The van der Waals surface area contributed by atoms with E-state index >= 15 is 0 Å². The normalized spacial score (nSPS) is 20.8. The Kier molecular flexibility index (Phi) is 2.89. The van der Waals surface area contributed by atoms with Crippen molar-refractivity contribution >= 4 is 15.8 Å². The quantitative estimate of drug-likeness (QED) is 0.772. The van der Waals surface area contributed by atoms with Crippen LogP contribution in [-0.2, 0) is 26.0 Å². The molecule has 2 saturated carbocycles. The largest absolute Gasteiger partial charge is 0.460 e. The molecule has 0 aromatic heterocycles. The zero-order valence-electron chi connectivity index (χ0n) is 10.5. The average molecular weight is 280 g/mol. The van der Waals surface area contributed by atoms with Crippen molar-refractivity contribution in [1.29, 1.82) is 0 Å². The maximum Gasteiger partial charge on any atom is 0.327 e. The number of hydrogen-bond donors (Lipinski definition) is 0. The minimum absolute atomic E-state index is 0.140. The summed E-state index contributed by atoms with van der Waals surface area (Å²) in [7, 11) is -3.33. The highest BCUT2D eigenvalue weighted by Crippen LogP contribution is 2.50. The van der Waals surface area contributed by atoms with Gasteiger partial charge in [0.15, 0.2) is 14.6 Å². The van der Waals surface area contributed by atoms with Crippen LogP contribution in [0.25, 0.3) is 0 Å². The number of benzene rings is 1. The smallest absolute Gasteiger partial charge is 0.327 e. The molecule has 0 atom stereocenters. The van der Waals surface area contributed by atoms with Gasteiger partial charge in [0.1, 0.15) is 6.61 Å². The summed E-state index contributed by atoms with van der Waals surface area (Å²) in [5.74, 6) is -0.566. The van der Waals surface area contributed by atoms with Crippen molar-refractivity contribution in [2.75, 3.05) is 0 Å². The highest BCUT2D eigenvalue weighted by molar-refractivity contribution is 7.94. The van der Waals surface area contributed by atoms with Crippen molar-refractivity contribution in [3.05, 3.63) is 35.9 Å². The highest BCUT2D eigenvalue weighted by Gasteiger charge is 2.65. The molecule has 0 heterocycles. The Morgan fingerprint density at radius 3 is 2.37 bits per heavy atom. The predicted molar refractivity (Wildman–Crippen MR) is 70.1 cm³/mol. The lowest BCUT2D eigenvalue weighted by molar-refractivity contribution is -0.145. The van der Waals surface area contributed by atoms with Gasteiger partial charge in [-0.05, 0) is 31.2 Å². The van der Waals surface area contributed by atoms with Gasteiger partial charge in [-0.15, -0.1) is 0 Å². The summed E-state index contributed by atoms with van der Waals surface area (Å²) in [4.78, 5) is 12.1. The number of hydrogen-bond acceptors (Lipinski definition) is 4. The monoisotopic (exact) mass is 280 g/mol. The van der Waals surface area contributed by atoms with Gasteiger partial charge in [0, 0.05) is 0 Å². The van der Waals surface area contributed by atoms with Gasteiger partial charge in [0.2, 0.25) is 0 Å². The average Bonchev–Trinajstić information content (AvgIpc) is 3.30. The molecule has 1 aromatic rings. The van der Waals surface area contributed by atoms with Crippen LogP contribution in [0.5, 0.6) is 0 Å². The number of carbonyl (C=O) groups excluding carboxylic acids is 1. The lowest BCUT2D eigenvalue weighted by Gasteiger charge is -2.15. The van der Waals surface area contributed by atoms with E-state index in [0.717, 1.165) is 5.56 Å². The highest BCUT2D eigenvalue weighted by atomic mass is 32.2. The second kappa shape index (κ2) is 4.34. The van der Waals surface area contributed by atoms with Crippen LogP contribution in [0.3, 0.4) is 0 Å². The van der Waals surface area contributed by atoms with Gasteiger partial charge >= 0.3 is 5.97 Å². The molecule has 2 fully saturated rings. The first-order valence-corrected chi connectivity index (χ1v) is 8.05. The maximum absolute atomic E-state index is 12.2. The van der Waals surface area contributed by atoms with Crippen LogP contribution in [0.4, 0.5) is 0 Å². The van der Waals surface area contributed by atoms with E-state index in [1.54, 1.807) is 0 Å². The molecule has 102 valence electrons. The van der Waals surface area contributed by atoms with E-state index in [1.165, 1.54) is 0 Å². The first-order valence-electron chi connectivity index (χ1n) is 6.51. The van der Waals surface area contributed by atoms with E-state index in [2.05, 4.69) is 0 Å². The van der Waals surface area contributed by atoms with Gasteiger partial charge in [-0.3, -0.25) is 4.79 Å². The van der Waals surface area contributed by atoms with Crippen LogP contribution in [0.15, 0.2) is 30.3 Å². The molecule has 0 aliphatic heterocycles. The zero-order valence-corrected chi connectivity index (χ0v) is 11.4. The molecule has 2 aliphatic rings.